The van der Waals surface area contributed by atoms with Crippen molar-refractivity contribution in [1.29, 1.82) is 0 Å². The molecule has 0 radical (unpaired) electrons. The van der Waals surface area contributed by atoms with Crippen LogP contribution in [-0.2, 0) is 4.79 Å². The van der Waals surface area contributed by atoms with Crippen molar-refractivity contribution in [1.82, 2.24) is 10.6 Å². The van der Waals surface area contributed by atoms with Gasteiger partial charge in [-0.2, -0.15) is 0 Å². The molecule has 1 aromatic carbocycles. The van der Waals surface area contributed by atoms with Gasteiger partial charge in [0, 0.05) is 6.42 Å². The first-order chi connectivity index (χ1) is 11.6. The van der Waals surface area contributed by atoms with E-state index in [0.717, 1.165) is 36.6 Å². The number of fused-ring (bicyclic) bond motifs is 1. The first kappa shape index (κ1) is 17.1. The largest absolute Gasteiger partial charge is 0.486 e. The molecule has 1 saturated heterocycles. The molecule has 2 aliphatic heterocycles. The Bertz CT molecular complexity index is 568. The number of ether oxygens (including phenoxy) is 2. The van der Waals surface area contributed by atoms with E-state index < -0.39 is 0 Å². The Kier molecular flexibility index (Phi) is 5.61. The SMILES string of the molecule is CC(C)C(NC(=O)CCC1CCNC1)c1ccc2c(c1)OCCO2. The molecule has 0 aliphatic carbocycles. The van der Waals surface area contributed by atoms with Crippen LogP contribution in [0, 0.1) is 11.8 Å². The predicted molar refractivity (Wildman–Crippen MR) is 93.4 cm³/mol. The van der Waals surface area contributed by atoms with E-state index in [2.05, 4.69) is 24.5 Å². The summed E-state index contributed by atoms with van der Waals surface area (Å²) in [5.74, 6) is 2.64. The van der Waals surface area contributed by atoms with Crippen LogP contribution in [0.5, 0.6) is 11.5 Å². The minimum atomic E-state index is -0.00460. The van der Waals surface area contributed by atoms with Crippen LogP contribution in [-0.4, -0.2) is 32.2 Å². The number of carbonyl (C=O) groups is 1. The van der Waals surface area contributed by atoms with Crippen LogP contribution < -0.4 is 20.1 Å². The highest BCUT2D eigenvalue weighted by Gasteiger charge is 2.22. The third kappa shape index (κ3) is 4.20. The molecule has 1 aromatic rings. The van der Waals surface area contributed by atoms with Crippen molar-refractivity contribution >= 4 is 5.91 Å². The fourth-order valence-corrected chi connectivity index (χ4v) is 3.43. The van der Waals surface area contributed by atoms with Crippen LogP contribution in [0.1, 0.15) is 44.7 Å². The molecule has 132 valence electrons. The second-order valence-corrected chi connectivity index (χ2v) is 7.09. The summed E-state index contributed by atoms with van der Waals surface area (Å²) in [5, 5.41) is 6.56. The van der Waals surface area contributed by atoms with E-state index in [4.69, 9.17) is 9.47 Å². The topological polar surface area (TPSA) is 59.6 Å². The molecule has 1 fully saturated rings. The van der Waals surface area contributed by atoms with Crippen LogP contribution in [0.2, 0.25) is 0 Å². The van der Waals surface area contributed by atoms with Crippen LogP contribution in [0.4, 0.5) is 0 Å². The Morgan fingerprint density at radius 1 is 1.29 bits per heavy atom. The van der Waals surface area contributed by atoms with E-state index >= 15 is 0 Å². The zero-order valence-electron chi connectivity index (χ0n) is 14.6. The molecule has 1 amide bonds. The van der Waals surface area contributed by atoms with E-state index in [9.17, 15) is 4.79 Å². The maximum Gasteiger partial charge on any atom is 0.220 e. The standard InChI is InChI=1S/C19H28N2O3/c1-13(2)19(21-18(22)6-3-14-7-8-20-12-14)15-4-5-16-17(11-15)24-10-9-23-16/h4-5,11,13-14,19-20H,3,6-10,12H2,1-2H3,(H,21,22). The van der Waals surface area contributed by atoms with Gasteiger partial charge in [0.15, 0.2) is 11.5 Å². The predicted octanol–water partition coefficient (Wildman–Crippen LogP) is 2.66. The normalized spacial score (nSPS) is 20.9. The molecule has 2 aliphatic rings. The summed E-state index contributed by atoms with van der Waals surface area (Å²) in [5.41, 5.74) is 1.07. The lowest BCUT2D eigenvalue weighted by Gasteiger charge is -2.25. The molecule has 0 bridgehead atoms. The third-order valence-corrected chi connectivity index (χ3v) is 4.85. The number of amides is 1. The van der Waals surface area contributed by atoms with E-state index in [1.54, 1.807) is 0 Å². The minimum Gasteiger partial charge on any atom is -0.486 e. The number of carbonyl (C=O) groups excluding carboxylic acids is 1. The quantitative estimate of drug-likeness (QED) is 0.841. The van der Waals surface area contributed by atoms with Gasteiger partial charge in [0.05, 0.1) is 6.04 Å². The van der Waals surface area contributed by atoms with Gasteiger partial charge in [-0.1, -0.05) is 19.9 Å². The Morgan fingerprint density at radius 3 is 2.79 bits per heavy atom. The summed E-state index contributed by atoms with van der Waals surface area (Å²) in [7, 11) is 0. The van der Waals surface area contributed by atoms with Gasteiger partial charge in [-0.25, -0.2) is 0 Å². The zero-order chi connectivity index (χ0) is 16.9. The lowest BCUT2D eigenvalue weighted by molar-refractivity contribution is -0.122. The average molecular weight is 332 g/mol. The second-order valence-electron chi connectivity index (χ2n) is 7.09. The molecule has 24 heavy (non-hydrogen) atoms. The summed E-state index contributed by atoms with van der Waals surface area (Å²) in [4.78, 5) is 12.4. The Labute approximate surface area is 144 Å². The van der Waals surface area contributed by atoms with Crippen molar-refractivity contribution in [3.05, 3.63) is 23.8 Å². The summed E-state index contributed by atoms with van der Waals surface area (Å²) < 4.78 is 11.2. The van der Waals surface area contributed by atoms with Gasteiger partial charge in [0.25, 0.3) is 0 Å². The molecule has 2 heterocycles. The van der Waals surface area contributed by atoms with Gasteiger partial charge in [0.2, 0.25) is 5.91 Å². The monoisotopic (exact) mass is 332 g/mol. The fourth-order valence-electron chi connectivity index (χ4n) is 3.43. The Morgan fingerprint density at radius 2 is 2.08 bits per heavy atom. The molecule has 2 N–H and O–H groups in total. The van der Waals surface area contributed by atoms with Crippen LogP contribution in [0.15, 0.2) is 18.2 Å². The van der Waals surface area contributed by atoms with Gasteiger partial charge in [0.1, 0.15) is 13.2 Å². The van der Waals surface area contributed by atoms with Crippen LogP contribution in [0.3, 0.4) is 0 Å². The zero-order valence-corrected chi connectivity index (χ0v) is 14.6. The van der Waals surface area contributed by atoms with E-state index in [1.807, 2.05) is 18.2 Å². The van der Waals surface area contributed by atoms with Gasteiger partial charge in [-0.3, -0.25) is 4.79 Å². The molecular formula is C19H28N2O3. The lowest BCUT2D eigenvalue weighted by atomic mass is 9.95. The van der Waals surface area contributed by atoms with E-state index in [1.165, 1.54) is 6.42 Å². The maximum atomic E-state index is 12.4. The summed E-state index contributed by atoms with van der Waals surface area (Å²) in [6, 6.07) is 5.96. The molecule has 5 heteroatoms. The number of rotatable bonds is 6. The van der Waals surface area contributed by atoms with Crippen molar-refractivity contribution in [3.8, 4) is 11.5 Å². The summed E-state index contributed by atoms with van der Waals surface area (Å²) in [6.45, 7) is 7.55. The van der Waals surface area contributed by atoms with E-state index in [0.29, 0.717) is 31.5 Å². The van der Waals surface area contributed by atoms with E-state index in [-0.39, 0.29) is 11.9 Å². The molecule has 5 nitrogen and oxygen atoms in total. The molecule has 0 spiro atoms. The Balaban J connectivity index is 1.62. The van der Waals surface area contributed by atoms with Crippen molar-refractivity contribution in [3.63, 3.8) is 0 Å². The first-order valence-corrected chi connectivity index (χ1v) is 9.03. The highest BCUT2D eigenvalue weighted by atomic mass is 16.6. The highest BCUT2D eigenvalue weighted by Crippen LogP contribution is 2.34. The first-order valence-electron chi connectivity index (χ1n) is 9.03. The fraction of sp³-hybridized carbons (Fsp3) is 0.632. The number of hydrogen-bond donors (Lipinski definition) is 2. The van der Waals surface area contributed by atoms with Gasteiger partial charge < -0.3 is 20.1 Å². The van der Waals surface area contributed by atoms with Crippen molar-refractivity contribution < 1.29 is 14.3 Å². The van der Waals surface area contributed by atoms with Crippen molar-refractivity contribution in [2.45, 2.75) is 39.2 Å². The second kappa shape index (κ2) is 7.88. The van der Waals surface area contributed by atoms with Gasteiger partial charge in [-0.15, -0.1) is 0 Å². The summed E-state index contributed by atoms with van der Waals surface area (Å²) in [6.07, 6.45) is 2.74. The molecule has 2 unspecified atom stereocenters. The van der Waals surface area contributed by atoms with Crippen molar-refractivity contribution in [2.24, 2.45) is 11.8 Å². The molecular weight excluding hydrogens is 304 g/mol. The highest BCUT2D eigenvalue weighted by molar-refractivity contribution is 5.76. The summed E-state index contributed by atoms with van der Waals surface area (Å²) >= 11 is 0. The van der Waals surface area contributed by atoms with Crippen LogP contribution in [0.25, 0.3) is 0 Å². The third-order valence-electron chi connectivity index (χ3n) is 4.85. The molecule has 3 rings (SSSR count). The lowest BCUT2D eigenvalue weighted by Crippen LogP contribution is -2.32. The minimum absolute atomic E-state index is 0.00460. The number of hydrogen-bond acceptors (Lipinski definition) is 4. The van der Waals surface area contributed by atoms with Gasteiger partial charge >= 0.3 is 0 Å². The van der Waals surface area contributed by atoms with Crippen LogP contribution >= 0.6 is 0 Å². The van der Waals surface area contributed by atoms with Crippen molar-refractivity contribution in [2.75, 3.05) is 26.3 Å². The Hall–Kier alpha value is -1.75. The van der Waals surface area contributed by atoms with Gasteiger partial charge in [-0.05, 0) is 55.5 Å². The molecule has 0 saturated carbocycles. The maximum absolute atomic E-state index is 12.4. The number of nitrogens with one attached hydrogen (secondary N) is 2. The molecule has 0 aromatic heterocycles. The average Bonchev–Trinajstić information content (AvgIpc) is 3.10. The number of benzene rings is 1. The smallest absolute Gasteiger partial charge is 0.220 e. The molecule has 2 atom stereocenters.